The van der Waals surface area contributed by atoms with Gasteiger partial charge in [0.1, 0.15) is 5.39 Å². The number of anilines is 1. The van der Waals surface area contributed by atoms with Crippen LogP contribution in [0.5, 0.6) is 0 Å². The number of nitrogens with one attached hydrogen (secondary N) is 2. The zero-order chi connectivity index (χ0) is 18.8. The molecule has 3 aromatic rings. The summed E-state index contributed by atoms with van der Waals surface area (Å²) in [6.45, 7) is 2.06. The molecular weight excluding hydrogens is 342 g/mol. The van der Waals surface area contributed by atoms with Gasteiger partial charge in [-0.2, -0.15) is 4.98 Å². The number of aromatic amines is 1. The van der Waals surface area contributed by atoms with Crippen LogP contribution in [0.3, 0.4) is 0 Å². The second-order valence-electron chi connectivity index (χ2n) is 7.03. The summed E-state index contributed by atoms with van der Waals surface area (Å²) in [5, 5.41) is 3.61. The smallest absolute Gasteiger partial charge is 0.334 e. The molecule has 1 aliphatic carbocycles. The third-order valence-corrected chi connectivity index (χ3v) is 5.19. The standard InChI is InChI=1S/C20H23N5O2/c1-2-13-8-10-15(11-9-13)25-18(26)16-12-21-19(23-17(16)24-20(25)27)22-14-6-4-3-5-7-14/h8-12,14H,2-7H2,1H3,(H2,21,22,23,24,27). The fourth-order valence-electron chi connectivity index (χ4n) is 3.62. The number of nitrogens with zero attached hydrogens (tertiary/aromatic N) is 3. The van der Waals surface area contributed by atoms with Crippen molar-refractivity contribution in [1.82, 2.24) is 19.5 Å². The van der Waals surface area contributed by atoms with E-state index in [4.69, 9.17) is 0 Å². The van der Waals surface area contributed by atoms with E-state index in [2.05, 4.69) is 27.2 Å². The zero-order valence-corrected chi connectivity index (χ0v) is 15.4. The first-order valence-corrected chi connectivity index (χ1v) is 9.53. The number of benzene rings is 1. The molecule has 1 saturated carbocycles. The van der Waals surface area contributed by atoms with Crippen LogP contribution in [0.2, 0.25) is 0 Å². The molecule has 7 nitrogen and oxygen atoms in total. The molecule has 4 rings (SSSR count). The number of hydrogen-bond donors (Lipinski definition) is 2. The van der Waals surface area contributed by atoms with Crippen LogP contribution in [-0.4, -0.2) is 25.6 Å². The first-order valence-electron chi connectivity index (χ1n) is 9.53. The number of H-pyrrole nitrogens is 1. The molecule has 7 heteroatoms. The minimum absolute atomic E-state index is 0.264. The van der Waals surface area contributed by atoms with Crippen molar-refractivity contribution in [1.29, 1.82) is 0 Å². The molecule has 2 heterocycles. The van der Waals surface area contributed by atoms with Crippen molar-refractivity contribution in [3.63, 3.8) is 0 Å². The molecule has 1 fully saturated rings. The summed E-state index contributed by atoms with van der Waals surface area (Å²) in [5.74, 6) is 0.453. The Morgan fingerprint density at radius 3 is 2.59 bits per heavy atom. The highest BCUT2D eigenvalue weighted by molar-refractivity contribution is 5.73. The maximum Gasteiger partial charge on any atom is 0.334 e. The van der Waals surface area contributed by atoms with Gasteiger partial charge in [0.2, 0.25) is 5.95 Å². The van der Waals surface area contributed by atoms with E-state index in [0.29, 0.717) is 23.1 Å². The van der Waals surface area contributed by atoms with Gasteiger partial charge >= 0.3 is 5.69 Å². The second-order valence-corrected chi connectivity index (χ2v) is 7.03. The van der Waals surface area contributed by atoms with Crippen molar-refractivity contribution in [2.24, 2.45) is 0 Å². The molecule has 0 unspecified atom stereocenters. The number of fused-ring (bicyclic) bond motifs is 1. The van der Waals surface area contributed by atoms with Gasteiger partial charge in [-0.1, -0.05) is 38.3 Å². The lowest BCUT2D eigenvalue weighted by atomic mass is 9.96. The summed E-state index contributed by atoms with van der Waals surface area (Å²) in [6, 6.07) is 7.74. The van der Waals surface area contributed by atoms with Gasteiger partial charge in [0, 0.05) is 12.2 Å². The lowest BCUT2D eigenvalue weighted by Gasteiger charge is -2.22. The Morgan fingerprint density at radius 2 is 1.89 bits per heavy atom. The highest BCUT2D eigenvalue weighted by Crippen LogP contribution is 2.20. The highest BCUT2D eigenvalue weighted by atomic mass is 16.2. The van der Waals surface area contributed by atoms with Crippen molar-refractivity contribution in [2.45, 2.75) is 51.5 Å². The molecule has 0 aliphatic heterocycles. The topological polar surface area (TPSA) is 92.7 Å². The van der Waals surface area contributed by atoms with Crippen LogP contribution in [0.1, 0.15) is 44.6 Å². The molecule has 2 N–H and O–H groups in total. The van der Waals surface area contributed by atoms with E-state index in [9.17, 15) is 9.59 Å². The summed E-state index contributed by atoms with van der Waals surface area (Å²) in [4.78, 5) is 36.8. The van der Waals surface area contributed by atoms with Crippen LogP contribution in [0.15, 0.2) is 40.1 Å². The second kappa shape index (κ2) is 7.34. The monoisotopic (exact) mass is 365 g/mol. The Labute approximate surface area is 156 Å². The largest absolute Gasteiger partial charge is 0.351 e. The summed E-state index contributed by atoms with van der Waals surface area (Å²) >= 11 is 0. The van der Waals surface area contributed by atoms with Gasteiger partial charge in [-0.05, 0) is 37.0 Å². The van der Waals surface area contributed by atoms with E-state index < -0.39 is 11.2 Å². The predicted octanol–water partition coefficient (Wildman–Crippen LogP) is 2.78. The van der Waals surface area contributed by atoms with Crippen LogP contribution in [-0.2, 0) is 6.42 Å². The Morgan fingerprint density at radius 1 is 1.15 bits per heavy atom. The lowest BCUT2D eigenvalue weighted by molar-refractivity contribution is 0.461. The molecular formula is C20H23N5O2. The lowest BCUT2D eigenvalue weighted by Crippen LogP contribution is -2.34. The predicted molar refractivity (Wildman–Crippen MR) is 106 cm³/mol. The van der Waals surface area contributed by atoms with E-state index in [-0.39, 0.29) is 5.65 Å². The fraction of sp³-hybridized carbons (Fsp3) is 0.400. The van der Waals surface area contributed by atoms with Crippen molar-refractivity contribution in [3.05, 3.63) is 56.9 Å². The van der Waals surface area contributed by atoms with Gasteiger partial charge in [-0.15, -0.1) is 0 Å². The molecule has 0 amide bonds. The van der Waals surface area contributed by atoms with Crippen LogP contribution in [0, 0.1) is 0 Å². The number of aromatic nitrogens is 4. The summed E-state index contributed by atoms with van der Waals surface area (Å²) in [5.41, 5.74) is 1.02. The maximum absolute atomic E-state index is 12.8. The zero-order valence-electron chi connectivity index (χ0n) is 15.4. The first kappa shape index (κ1) is 17.5. The fourth-order valence-corrected chi connectivity index (χ4v) is 3.62. The SMILES string of the molecule is CCc1ccc(-n2c(=O)[nH]c3nc(NC4CCCCC4)ncc3c2=O)cc1. The molecule has 1 aromatic carbocycles. The van der Waals surface area contributed by atoms with E-state index in [0.717, 1.165) is 29.4 Å². The third-order valence-electron chi connectivity index (χ3n) is 5.19. The van der Waals surface area contributed by atoms with Crippen molar-refractivity contribution < 1.29 is 0 Å². The van der Waals surface area contributed by atoms with Gasteiger partial charge in [-0.25, -0.2) is 14.3 Å². The van der Waals surface area contributed by atoms with E-state index in [1.165, 1.54) is 25.5 Å². The van der Waals surface area contributed by atoms with Crippen molar-refractivity contribution >= 4 is 17.0 Å². The van der Waals surface area contributed by atoms with Crippen molar-refractivity contribution in [3.8, 4) is 5.69 Å². The molecule has 0 bridgehead atoms. The van der Waals surface area contributed by atoms with Gasteiger partial charge in [-0.3, -0.25) is 9.78 Å². The molecule has 1 aliphatic rings. The molecule has 2 aromatic heterocycles. The minimum Gasteiger partial charge on any atom is -0.351 e. The Balaban J connectivity index is 1.72. The third kappa shape index (κ3) is 3.49. The van der Waals surface area contributed by atoms with Crippen LogP contribution in [0.4, 0.5) is 5.95 Å². The number of aryl methyl sites for hydroxylation is 1. The van der Waals surface area contributed by atoms with Gasteiger partial charge in [0.05, 0.1) is 5.69 Å². The van der Waals surface area contributed by atoms with Gasteiger partial charge < -0.3 is 5.32 Å². The Bertz CT molecular complexity index is 1060. The highest BCUT2D eigenvalue weighted by Gasteiger charge is 2.16. The normalized spacial score (nSPS) is 15.1. The average molecular weight is 365 g/mol. The molecule has 0 spiro atoms. The molecule has 140 valence electrons. The van der Waals surface area contributed by atoms with Gasteiger partial charge in [0.15, 0.2) is 5.65 Å². The van der Waals surface area contributed by atoms with Gasteiger partial charge in [0.25, 0.3) is 5.56 Å². The maximum atomic E-state index is 12.8. The number of hydrogen-bond acceptors (Lipinski definition) is 5. The molecule has 0 atom stereocenters. The Hall–Kier alpha value is -2.96. The van der Waals surface area contributed by atoms with Crippen LogP contribution in [0.25, 0.3) is 16.7 Å². The van der Waals surface area contributed by atoms with E-state index >= 15 is 0 Å². The number of rotatable bonds is 4. The molecule has 0 radical (unpaired) electrons. The van der Waals surface area contributed by atoms with Crippen LogP contribution >= 0.6 is 0 Å². The quantitative estimate of drug-likeness (QED) is 0.742. The Kier molecular flexibility index (Phi) is 4.75. The van der Waals surface area contributed by atoms with Crippen LogP contribution < -0.4 is 16.6 Å². The molecule has 27 heavy (non-hydrogen) atoms. The molecule has 0 saturated heterocycles. The van der Waals surface area contributed by atoms with Crippen molar-refractivity contribution in [2.75, 3.05) is 5.32 Å². The average Bonchev–Trinajstić information content (AvgIpc) is 2.69. The summed E-state index contributed by atoms with van der Waals surface area (Å²) in [6.07, 6.45) is 8.23. The van der Waals surface area contributed by atoms with E-state index in [1.807, 2.05) is 12.1 Å². The minimum atomic E-state index is -0.501. The summed E-state index contributed by atoms with van der Waals surface area (Å²) in [7, 11) is 0. The summed E-state index contributed by atoms with van der Waals surface area (Å²) < 4.78 is 1.12. The first-order chi connectivity index (χ1) is 13.2. The van der Waals surface area contributed by atoms with E-state index in [1.54, 1.807) is 12.1 Å².